The molecule has 1 atom stereocenters. The monoisotopic (exact) mass is 196 g/mol. The molecule has 4 nitrogen and oxygen atoms in total. The minimum Gasteiger partial charge on any atom is -0.481 e. The summed E-state index contributed by atoms with van der Waals surface area (Å²) in [5, 5.41) is 18.6. The van der Waals surface area contributed by atoms with Gasteiger partial charge in [-0.05, 0) is 6.07 Å². The molecule has 1 heterocycles. The Morgan fingerprint density at radius 3 is 3.00 bits per heavy atom. The Morgan fingerprint density at radius 1 is 1.85 bits per heavy atom. The molecule has 3 N–H and O–H groups in total. The van der Waals surface area contributed by atoms with Crippen LogP contribution >= 0.6 is 11.3 Å². The first-order valence-electron chi connectivity index (χ1n) is 3.59. The van der Waals surface area contributed by atoms with Crippen molar-refractivity contribution >= 4 is 17.3 Å². The van der Waals surface area contributed by atoms with Crippen LogP contribution in [0.25, 0.3) is 0 Å². The van der Waals surface area contributed by atoms with Crippen LogP contribution in [0.1, 0.15) is 22.9 Å². The van der Waals surface area contributed by atoms with Crippen LogP contribution in [-0.2, 0) is 4.79 Å². The van der Waals surface area contributed by atoms with Gasteiger partial charge in [0.1, 0.15) is 6.07 Å². The second kappa shape index (κ2) is 4.03. The second-order valence-corrected chi connectivity index (χ2v) is 3.50. The number of rotatable bonds is 3. The fourth-order valence-electron chi connectivity index (χ4n) is 0.895. The zero-order chi connectivity index (χ0) is 9.84. The van der Waals surface area contributed by atoms with Gasteiger partial charge in [0.25, 0.3) is 0 Å². The van der Waals surface area contributed by atoms with Crippen LogP contribution < -0.4 is 5.73 Å². The largest absolute Gasteiger partial charge is 0.481 e. The zero-order valence-electron chi connectivity index (χ0n) is 6.73. The number of nitrogens with zero attached hydrogens (tertiary/aromatic N) is 1. The van der Waals surface area contributed by atoms with Gasteiger partial charge in [-0.1, -0.05) is 0 Å². The van der Waals surface area contributed by atoms with E-state index in [9.17, 15) is 4.79 Å². The van der Waals surface area contributed by atoms with Crippen molar-refractivity contribution in [3.8, 4) is 6.07 Å². The van der Waals surface area contributed by atoms with Crippen molar-refractivity contribution in [1.29, 1.82) is 5.26 Å². The van der Waals surface area contributed by atoms with E-state index in [0.717, 1.165) is 4.88 Å². The van der Waals surface area contributed by atoms with Crippen LogP contribution in [-0.4, -0.2) is 11.1 Å². The van der Waals surface area contributed by atoms with Crippen LogP contribution in [0.2, 0.25) is 0 Å². The number of nitrogens with two attached hydrogens (primary N) is 1. The first kappa shape index (κ1) is 9.71. The highest BCUT2D eigenvalue weighted by atomic mass is 32.1. The molecule has 0 radical (unpaired) electrons. The van der Waals surface area contributed by atoms with Gasteiger partial charge in [0, 0.05) is 16.3 Å². The topological polar surface area (TPSA) is 87.1 Å². The third kappa shape index (κ3) is 2.54. The van der Waals surface area contributed by atoms with Crippen molar-refractivity contribution < 1.29 is 9.90 Å². The average molecular weight is 196 g/mol. The molecule has 5 heteroatoms. The predicted molar refractivity (Wildman–Crippen MR) is 48.2 cm³/mol. The Morgan fingerprint density at radius 2 is 2.54 bits per heavy atom. The molecule has 13 heavy (non-hydrogen) atoms. The SMILES string of the molecule is N#Cc1csc([C@@H](N)CC(=O)O)c1. The van der Waals surface area contributed by atoms with Crippen molar-refractivity contribution in [3.05, 3.63) is 21.9 Å². The molecule has 1 rings (SSSR count). The molecule has 0 aliphatic heterocycles. The molecule has 1 aromatic rings. The number of carboxylic acids is 1. The number of aliphatic carboxylic acids is 1. The summed E-state index contributed by atoms with van der Waals surface area (Å²) in [6.45, 7) is 0. The van der Waals surface area contributed by atoms with E-state index in [1.807, 2.05) is 6.07 Å². The van der Waals surface area contributed by atoms with Crippen LogP contribution in [0.4, 0.5) is 0 Å². The van der Waals surface area contributed by atoms with E-state index < -0.39 is 12.0 Å². The standard InChI is InChI=1S/C8H8N2O2S/c9-3-5-1-7(13-4-5)6(10)2-8(11)12/h1,4,6H,2,10H2,(H,11,12)/t6-/m0/s1. The smallest absolute Gasteiger partial charge is 0.305 e. The Bertz CT molecular complexity index is 353. The van der Waals surface area contributed by atoms with Crippen molar-refractivity contribution in [2.24, 2.45) is 5.73 Å². The Balaban J connectivity index is 2.72. The van der Waals surface area contributed by atoms with Crippen molar-refractivity contribution in [1.82, 2.24) is 0 Å². The number of hydrogen-bond acceptors (Lipinski definition) is 4. The molecule has 0 fully saturated rings. The molecule has 0 saturated carbocycles. The molecule has 0 aromatic carbocycles. The number of nitriles is 1. The van der Waals surface area contributed by atoms with Gasteiger partial charge in [-0.2, -0.15) is 5.26 Å². The zero-order valence-corrected chi connectivity index (χ0v) is 7.54. The van der Waals surface area contributed by atoms with E-state index in [1.54, 1.807) is 11.4 Å². The molecule has 0 spiro atoms. The molecule has 0 aliphatic rings. The van der Waals surface area contributed by atoms with Gasteiger partial charge in [0.2, 0.25) is 0 Å². The Hall–Kier alpha value is -1.38. The molecular weight excluding hydrogens is 188 g/mol. The lowest BCUT2D eigenvalue weighted by Gasteiger charge is -2.04. The van der Waals surface area contributed by atoms with E-state index in [1.165, 1.54) is 11.3 Å². The van der Waals surface area contributed by atoms with Gasteiger partial charge < -0.3 is 10.8 Å². The maximum atomic E-state index is 10.3. The summed E-state index contributed by atoms with van der Waals surface area (Å²) in [5.41, 5.74) is 6.11. The minimum atomic E-state index is -0.931. The van der Waals surface area contributed by atoms with E-state index in [4.69, 9.17) is 16.1 Å². The van der Waals surface area contributed by atoms with Gasteiger partial charge in [-0.25, -0.2) is 0 Å². The van der Waals surface area contributed by atoms with Gasteiger partial charge in [0.05, 0.1) is 12.0 Å². The summed E-state index contributed by atoms with van der Waals surface area (Å²) in [6.07, 6.45) is -0.106. The maximum Gasteiger partial charge on any atom is 0.305 e. The molecule has 0 aliphatic carbocycles. The average Bonchev–Trinajstić information content (AvgIpc) is 2.50. The highest BCUT2D eigenvalue weighted by Crippen LogP contribution is 2.22. The quantitative estimate of drug-likeness (QED) is 0.757. The summed E-state index contributed by atoms with van der Waals surface area (Å²) in [4.78, 5) is 11.1. The summed E-state index contributed by atoms with van der Waals surface area (Å²) in [6, 6.07) is 3.08. The van der Waals surface area contributed by atoms with Gasteiger partial charge in [-0.3, -0.25) is 4.79 Å². The Kier molecular flexibility index (Phi) is 3.01. The van der Waals surface area contributed by atoms with Crippen LogP contribution in [0.5, 0.6) is 0 Å². The molecule has 68 valence electrons. The van der Waals surface area contributed by atoms with Gasteiger partial charge in [-0.15, -0.1) is 11.3 Å². The van der Waals surface area contributed by atoms with Gasteiger partial charge >= 0.3 is 5.97 Å². The van der Waals surface area contributed by atoms with Crippen LogP contribution in [0, 0.1) is 11.3 Å². The number of carboxylic acid groups (broad SMARTS) is 1. The highest BCUT2D eigenvalue weighted by Gasteiger charge is 2.12. The van der Waals surface area contributed by atoms with Crippen LogP contribution in [0.15, 0.2) is 11.4 Å². The first-order chi connectivity index (χ1) is 6.13. The fourth-order valence-corrected chi connectivity index (χ4v) is 1.73. The molecule has 0 unspecified atom stereocenters. The third-order valence-corrected chi connectivity index (χ3v) is 2.57. The minimum absolute atomic E-state index is 0.106. The third-order valence-electron chi connectivity index (χ3n) is 1.51. The van der Waals surface area contributed by atoms with E-state index in [-0.39, 0.29) is 6.42 Å². The molecule has 0 amide bonds. The van der Waals surface area contributed by atoms with E-state index >= 15 is 0 Å². The number of thiophene rings is 1. The van der Waals surface area contributed by atoms with Crippen molar-refractivity contribution in [2.45, 2.75) is 12.5 Å². The lowest BCUT2D eigenvalue weighted by molar-refractivity contribution is -0.137. The van der Waals surface area contributed by atoms with Gasteiger partial charge in [0.15, 0.2) is 0 Å². The summed E-state index contributed by atoms with van der Waals surface area (Å²) in [5.74, 6) is -0.931. The number of carbonyl (C=O) groups is 1. The van der Waals surface area contributed by atoms with Crippen LogP contribution in [0.3, 0.4) is 0 Å². The fraction of sp³-hybridized carbons (Fsp3) is 0.250. The normalized spacial score (nSPS) is 12.0. The summed E-state index contributed by atoms with van der Waals surface area (Å²) >= 11 is 1.31. The predicted octanol–water partition coefficient (Wildman–Crippen LogP) is 1.09. The second-order valence-electron chi connectivity index (χ2n) is 2.55. The summed E-state index contributed by atoms with van der Waals surface area (Å²) in [7, 11) is 0. The molecule has 0 saturated heterocycles. The lowest BCUT2D eigenvalue weighted by atomic mass is 10.2. The Labute approximate surface area is 79.2 Å². The molecule has 1 aromatic heterocycles. The van der Waals surface area contributed by atoms with E-state index in [2.05, 4.69) is 0 Å². The maximum absolute atomic E-state index is 10.3. The van der Waals surface area contributed by atoms with Crippen molar-refractivity contribution in [3.63, 3.8) is 0 Å². The molecular formula is C8H8N2O2S. The van der Waals surface area contributed by atoms with Crippen molar-refractivity contribution in [2.75, 3.05) is 0 Å². The molecule has 0 bridgehead atoms. The highest BCUT2D eigenvalue weighted by molar-refractivity contribution is 7.10. The lowest BCUT2D eigenvalue weighted by Crippen LogP contribution is -2.13. The first-order valence-corrected chi connectivity index (χ1v) is 4.47. The number of hydrogen-bond donors (Lipinski definition) is 2. The van der Waals surface area contributed by atoms with E-state index in [0.29, 0.717) is 5.56 Å². The summed E-state index contributed by atoms with van der Waals surface area (Å²) < 4.78 is 0.